The fourth-order valence-corrected chi connectivity index (χ4v) is 1.34. The molecule has 0 spiro atoms. The van der Waals surface area contributed by atoms with Crippen molar-refractivity contribution < 1.29 is 4.79 Å². The Hall–Kier alpha value is -0.830. The maximum Gasteiger partial charge on any atom is 0.153 e. The summed E-state index contributed by atoms with van der Waals surface area (Å²) in [5.41, 5.74) is 2.34. The molecule has 1 heterocycles. The molecule has 0 amide bonds. The molecule has 0 atom stereocenters. The highest BCUT2D eigenvalue weighted by atomic mass is 35.5. The van der Waals surface area contributed by atoms with E-state index in [0.717, 1.165) is 17.7 Å². The van der Waals surface area contributed by atoms with Crippen LogP contribution in [0.5, 0.6) is 0 Å². The molecule has 0 aliphatic carbocycles. The van der Waals surface area contributed by atoms with Crippen molar-refractivity contribution in [3.63, 3.8) is 0 Å². The first-order valence-electron chi connectivity index (χ1n) is 3.76. The number of carbonyl (C=O) groups excluding carboxylic acids is 1. The van der Waals surface area contributed by atoms with E-state index in [4.69, 9.17) is 11.6 Å². The topological polar surface area (TPSA) is 34.9 Å². The van der Waals surface area contributed by atoms with Crippen LogP contribution in [-0.4, -0.2) is 21.9 Å². The van der Waals surface area contributed by atoms with Crippen molar-refractivity contribution in [1.82, 2.24) is 9.78 Å². The molecule has 0 radical (unpaired) electrons. The zero-order valence-electron chi connectivity index (χ0n) is 7.17. The van der Waals surface area contributed by atoms with Gasteiger partial charge in [0.2, 0.25) is 0 Å². The molecule has 4 heteroatoms. The van der Waals surface area contributed by atoms with Crippen molar-refractivity contribution in [3.05, 3.63) is 17.0 Å². The fourth-order valence-electron chi connectivity index (χ4n) is 1.18. The number of halogens is 1. The Morgan fingerprint density at radius 3 is 2.67 bits per heavy atom. The van der Waals surface area contributed by atoms with E-state index < -0.39 is 0 Å². The molecule has 0 aliphatic heterocycles. The SMILES string of the molecule is Cc1nn(CCCl)c(C)c1C=O. The van der Waals surface area contributed by atoms with E-state index in [1.807, 2.05) is 13.8 Å². The number of alkyl halides is 1. The van der Waals surface area contributed by atoms with Crippen LogP contribution in [-0.2, 0) is 6.54 Å². The van der Waals surface area contributed by atoms with Gasteiger partial charge >= 0.3 is 0 Å². The first-order valence-corrected chi connectivity index (χ1v) is 4.29. The fraction of sp³-hybridized carbons (Fsp3) is 0.500. The summed E-state index contributed by atoms with van der Waals surface area (Å²) in [6, 6.07) is 0. The molecule has 0 saturated heterocycles. The lowest BCUT2D eigenvalue weighted by atomic mass is 10.2. The Morgan fingerprint density at radius 1 is 1.58 bits per heavy atom. The Morgan fingerprint density at radius 2 is 2.25 bits per heavy atom. The minimum atomic E-state index is 0.514. The molecule has 0 aromatic carbocycles. The number of rotatable bonds is 3. The van der Waals surface area contributed by atoms with Crippen LogP contribution in [0.1, 0.15) is 21.7 Å². The summed E-state index contributed by atoms with van der Waals surface area (Å²) in [4.78, 5) is 10.6. The van der Waals surface area contributed by atoms with Gasteiger partial charge in [-0.05, 0) is 13.8 Å². The molecule has 12 heavy (non-hydrogen) atoms. The molecule has 0 aliphatic rings. The summed E-state index contributed by atoms with van der Waals surface area (Å²) >= 11 is 5.56. The van der Waals surface area contributed by atoms with E-state index in [1.54, 1.807) is 4.68 Å². The maximum atomic E-state index is 10.6. The standard InChI is InChI=1S/C8H11ClN2O/c1-6-8(5-12)7(2)11(10-6)4-3-9/h5H,3-4H2,1-2H3. The number of aryl methyl sites for hydroxylation is 2. The van der Waals surface area contributed by atoms with E-state index in [1.165, 1.54) is 0 Å². The summed E-state index contributed by atoms with van der Waals surface area (Å²) in [6.45, 7) is 4.35. The third-order valence-corrected chi connectivity index (χ3v) is 2.02. The van der Waals surface area contributed by atoms with Crippen LogP contribution in [0.4, 0.5) is 0 Å². The zero-order chi connectivity index (χ0) is 9.14. The summed E-state index contributed by atoms with van der Waals surface area (Å²) in [7, 11) is 0. The van der Waals surface area contributed by atoms with E-state index in [-0.39, 0.29) is 0 Å². The lowest BCUT2D eigenvalue weighted by Crippen LogP contribution is -2.03. The third-order valence-electron chi connectivity index (χ3n) is 1.85. The highest BCUT2D eigenvalue weighted by Gasteiger charge is 2.08. The minimum Gasteiger partial charge on any atom is -0.298 e. The number of aldehydes is 1. The highest BCUT2D eigenvalue weighted by Crippen LogP contribution is 2.09. The van der Waals surface area contributed by atoms with Gasteiger partial charge in [0.25, 0.3) is 0 Å². The predicted molar refractivity (Wildman–Crippen MR) is 47.8 cm³/mol. The summed E-state index contributed by atoms with van der Waals surface area (Å²) in [5.74, 6) is 0.514. The molecule has 1 aromatic heterocycles. The van der Waals surface area contributed by atoms with Crippen LogP contribution >= 0.6 is 11.6 Å². The van der Waals surface area contributed by atoms with Crippen LogP contribution in [0, 0.1) is 13.8 Å². The number of carbonyl (C=O) groups is 1. The summed E-state index contributed by atoms with van der Waals surface area (Å²) < 4.78 is 1.76. The normalized spacial score (nSPS) is 10.2. The van der Waals surface area contributed by atoms with Gasteiger partial charge in [0.15, 0.2) is 6.29 Å². The van der Waals surface area contributed by atoms with Gasteiger partial charge in [0.05, 0.1) is 17.8 Å². The number of hydrogen-bond acceptors (Lipinski definition) is 2. The second kappa shape index (κ2) is 3.72. The van der Waals surface area contributed by atoms with Gasteiger partial charge in [-0.15, -0.1) is 11.6 Å². The third kappa shape index (κ3) is 1.50. The second-order valence-corrected chi connectivity index (χ2v) is 2.99. The van der Waals surface area contributed by atoms with Crippen LogP contribution in [0.2, 0.25) is 0 Å². The molecule has 0 N–H and O–H groups in total. The van der Waals surface area contributed by atoms with E-state index in [0.29, 0.717) is 18.0 Å². The van der Waals surface area contributed by atoms with E-state index in [9.17, 15) is 4.79 Å². The van der Waals surface area contributed by atoms with Gasteiger partial charge in [-0.25, -0.2) is 0 Å². The molecule has 1 rings (SSSR count). The van der Waals surface area contributed by atoms with Crippen molar-refractivity contribution >= 4 is 17.9 Å². The van der Waals surface area contributed by atoms with Crippen molar-refractivity contribution in [2.75, 3.05) is 5.88 Å². The molecule has 0 bridgehead atoms. The van der Waals surface area contributed by atoms with Gasteiger partial charge in [-0.3, -0.25) is 9.48 Å². The van der Waals surface area contributed by atoms with Crippen molar-refractivity contribution in [1.29, 1.82) is 0 Å². The first kappa shape index (κ1) is 9.26. The van der Waals surface area contributed by atoms with Crippen LogP contribution < -0.4 is 0 Å². The number of hydrogen-bond donors (Lipinski definition) is 0. The smallest absolute Gasteiger partial charge is 0.153 e. The van der Waals surface area contributed by atoms with Crippen molar-refractivity contribution in [3.8, 4) is 0 Å². The Bertz CT molecular complexity index is 293. The van der Waals surface area contributed by atoms with Gasteiger partial charge in [0.1, 0.15) is 0 Å². The minimum absolute atomic E-state index is 0.514. The van der Waals surface area contributed by atoms with Crippen LogP contribution in [0.3, 0.4) is 0 Å². The zero-order valence-corrected chi connectivity index (χ0v) is 7.93. The van der Waals surface area contributed by atoms with Crippen LogP contribution in [0.25, 0.3) is 0 Å². The number of aromatic nitrogens is 2. The van der Waals surface area contributed by atoms with Gasteiger partial charge in [-0.2, -0.15) is 5.10 Å². The molecule has 1 aromatic rings. The monoisotopic (exact) mass is 186 g/mol. The molecule has 0 fully saturated rings. The summed E-state index contributed by atoms with van der Waals surface area (Å²) in [6.07, 6.45) is 0.836. The number of nitrogens with zero attached hydrogens (tertiary/aromatic N) is 2. The van der Waals surface area contributed by atoms with Crippen LogP contribution in [0.15, 0.2) is 0 Å². The average molecular weight is 187 g/mol. The van der Waals surface area contributed by atoms with E-state index >= 15 is 0 Å². The Kier molecular flexibility index (Phi) is 2.87. The first-order chi connectivity index (χ1) is 5.70. The molecular formula is C8H11ClN2O. The largest absolute Gasteiger partial charge is 0.298 e. The molecule has 0 unspecified atom stereocenters. The summed E-state index contributed by atoms with van der Waals surface area (Å²) in [5, 5.41) is 4.17. The molecule has 66 valence electrons. The Balaban J connectivity index is 3.08. The van der Waals surface area contributed by atoms with Crippen molar-refractivity contribution in [2.45, 2.75) is 20.4 Å². The predicted octanol–water partition coefficient (Wildman–Crippen LogP) is 1.55. The van der Waals surface area contributed by atoms with Gasteiger partial charge in [0, 0.05) is 11.6 Å². The Labute approximate surface area is 76.3 Å². The molecule has 3 nitrogen and oxygen atoms in total. The van der Waals surface area contributed by atoms with Crippen molar-refractivity contribution in [2.24, 2.45) is 0 Å². The van der Waals surface area contributed by atoms with Gasteiger partial charge < -0.3 is 0 Å². The lowest BCUT2D eigenvalue weighted by molar-refractivity contribution is 0.112. The van der Waals surface area contributed by atoms with E-state index in [2.05, 4.69) is 5.10 Å². The molecule has 0 saturated carbocycles. The molecular weight excluding hydrogens is 176 g/mol. The quantitative estimate of drug-likeness (QED) is 0.531. The van der Waals surface area contributed by atoms with Gasteiger partial charge in [-0.1, -0.05) is 0 Å². The maximum absolute atomic E-state index is 10.6. The lowest BCUT2D eigenvalue weighted by Gasteiger charge is -1.98. The highest BCUT2D eigenvalue weighted by molar-refractivity contribution is 6.17. The average Bonchev–Trinajstić information content (AvgIpc) is 2.29. The second-order valence-electron chi connectivity index (χ2n) is 2.61.